The van der Waals surface area contributed by atoms with Crippen molar-refractivity contribution in [2.45, 2.75) is 6.92 Å². The van der Waals surface area contributed by atoms with Crippen molar-refractivity contribution >= 4 is 34.6 Å². The number of rotatable bonds is 2. The molecule has 0 spiro atoms. The van der Waals surface area contributed by atoms with Crippen LogP contribution in [-0.4, -0.2) is 23.1 Å². The molecule has 1 heterocycles. The van der Waals surface area contributed by atoms with E-state index in [1.54, 1.807) is 7.05 Å². The van der Waals surface area contributed by atoms with Gasteiger partial charge in [-0.3, -0.25) is 15.6 Å². The van der Waals surface area contributed by atoms with Gasteiger partial charge in [0.15, 0.2) is 5.11 Å². The van der Waals surface area contributed by atoms with Crippen LogP contribution in [-0.2, 0) is 0 Å². The standard InChI is InChI=1S/C13H14N4OS2/c1-8-10(11(18)16-17-13(19)14-2)20-12(15-8)9-6-4-3-5-7-9/h3-7H,1-2H3,(H,16,18)(H2,14,17,19). The molecule has 2 rings (SSSR count). The molecule has 7 heteroatoms. The summed E-state index contributed by atoms with van der Waals surface area (Å²) < 4.78 is 0. The third-order valence-corrected chi connectivity index (χ3v) is 4.05. The number of hydrazine groups is 1. The Morgan fingerprint density at radius 1 is 1.25 bits per heavy atom. The van der Waals surface area contributed by atoms with Gasteiger partial charge in [-0.1, -0.05) is 30.3 Å². The largest absolute Gasteiger partial charge is 0.364 e. The van der Waals surface area contributed by atoms with Gasteiger partial charge in [-0.2, -0.15) is 0 Å². The second-order valence-corrected chi connectivity index (χ2v) is 5.37. The summed E-state index contributed by atoms with van der Waals surface area (Å²) in [5.74, 6) is -0.250. The third kappa shape index (κ3) is 3.31. The van der Waals surface area contributed by atoms with E-state index in [2.05, 4.69) is 21.2 Å². The maximum absolute atomic E-state index is 12.0. The molecule has 104 valence electrons. The lowest BCUT2D eigenvalue weighted by molar-refractivity contribution is 0.0947. The van der Waals surface area contributed by atoms with E-state index in [0.717, 1.165) is 10.6 Å². The third-order valence-electron chi connectivity index (χ3n) is 2.54. The summed E-state index contributed by atoms with van der Waals surface area (Å²) in [6.07, 6.45) is 0. The van der Waals surface area contributed by atoms with Crippen molar-refractivity contribution in [2.24, 2.45) is 0 Å². The Morgan fingerprint density at radius 3 is 2.60 bits per heavy atom. The van der Waals surface area contributed by atoms with Gasteiger partial charge >= 0.3 is 0 Å². The summed E-state index contributed by atoms with van der Waals surface area (Å²) in [7, 11) is 1.67. The van der Waals surface area contributed by atoms with Crippen molar-refractivity contribution in [3.05, 3.63) is 40.9 Å². The first-order valence-electron chi connectivity index (χ1n) is 5.92. The Bertz CT molecular complexity index is 625. The molecule has 0 unspecified atom stereocenters. The number of hydrogen-bond donors (Lipinski definition) is 3. The molecule has 1 aromatic heterocycles. The molecule has 1 amide bonds. The number of carbonyl (C=O) groups excluding carboxylic acids is 1. The van der Waals surface area contributed by atoms with Crippen molar-refractivity contribution < 1.29 is 4.79 Å². The Morgan fingerprint density at radius 2 is 1.95 bits per heavy atom. The van der Waals surface area contributed by atoms with Gasteiger partial charge in [0.25, 0.3) is 5.91 Å². The minimum Gasteiger partial charge on any atom is -0.364 e. The number of thiocarbonyl (C=S) groups is 1. The van der Waals surface area contributed by atoms with Crippen molar-refractivity contribution in [2.75, 3.05) is 7.05 Å². The average Bonchev–Trinajstić information content (AvgIpc) is 2.87. The molecule has 0 fully saturated rings. The first-order valence-corrected chi connectivity index (χ1v) is 7.15. The normalized spacial score (nSPS) is 9.90. The summed E-state index contributed by atoms with van der Waals surface area (Å²) in [6.45, 7) is 1.81. The highest BCUT2D eigenvalue weighted by molar-refractivity contribution is 7.80. The fraction of sp³-hybridized carbons (Fsp3) is 0.154. The lowest BCUT2D eigenvalue weighted by atomic mass is 10.2. The van der Waals surface area contributed by atoms with Gasteiger partial charge < -0.3 is 5.32 Å². The molecule has 0 radical (unpaired) electrons. The zero-order valence-electron chi connectivity index (χ0n) is 11.1. The molecule has 2 aromatic rings. The van der Waals surface area contributed by atoms with Crippen LogP contribution in [0, 0.1) is 6.92 Å². The Labute approximate surface area is 126 Å². The molecule has 0 atom stereocenters. The summed E-state index contributed by atoms with van der Waals surface area (Å²) in [6, 6.07) is 9.76. The number of carbonyl (C=O) groups is 1. The molecule has 0 saturated heterocycles. The van der Waals surface area contributed by atoms with Gasteiger partial charge in [0.2, 0.25) is 0 Å². The summed E-state index contributed by atoms with van der Waals surface area (Å²) >= 11 is 6.24. The number of amides is 1. The van der Waals surface area contributed by atoms with Crippen LogP contribution >= 0.6 is 23.6 Å². The van der Waals surface area contributed by atoms with Crippen molar-refractivity contribution in [3.63, 3.8) is 0 Å². The van der Waals surface area contributed by atoms with Gasteiger partial charge in [0.05, 0.1) is 5.69 Å². The molecule has 0 aliphatic heterocycles. The smallest absolute Gasteiger partial charge is 0.281 e. The predicted molar refractivity (Wildman–Crippen MR) is 84.5 cm³/mol. The zero-order valence-corrected chi connectivity index (χ0v) is 12.7. The van der Waals surface area contributed by atoms with Crippen LogP contribution in [0.3, 0.4) is 0 Å². The van der Waals surface area contributed by atoms with E-state index in [0.29, 0.717) is 15.7 Å². The second-order valence-electron chi connectivity index (χ2n) is 3.96. The number of nitrogens with zero attached hydrogens (tertiary/aromatic N) is 1. The molecule has 5 nitrogen and oxygen atoms in total. The SMILES string of the molecule is CNC(=S)NNC(=O)c1sc(-c2ccccc2)nc1C. The Balaban J connectivity index is 2.15. The van der Waals surface area contributed by atoms with Crippen LogP contribution < -0.4 is 16.2 Å². The molecular formula is C13H14N4OS2. The van der Waals surface area contributed by atoms with E-state index in [9.17, 15) is 4.79 Å². The average molecular weight is 306 g/mol. The highest BCUT2D eigenvalue weighted by Gasteiger charge is 2.16. The predicted octanol–water partition coefficient (Wildman–Crippen LogP) is 1.86. The zero-order chi connectivity index (χ0) is 14.5. The fourth-order valence-corrected chi connectivity index (χ4v) is 2.56. The number of hydrogen-bond acceptors (Lipinski definition) is 4. The van der Waals surface area contributed by atoms with E-state index >= 15 is 0 Å². The molecule has 0 bridgehead atoms. The number of thiazole rings is 1. The van der Waals surface area contributed by atoms with E-state index in [4.69, 9.17) is 12.2 Å². The van der Waals surface area contributed by atoms with Crippen LogP contribution in [0.1, 0.15) is 15.4 Å². The monoisotopic (exact) mass is 306 g/mol. The van der Waals surface area contributed by atoms with Gasteiger partial charge in [-0.15, -0.1) is 11.3 Å². The van der Waals surface area contributed by atoms with E-state index in [1.165, 1.54) is 11.3 Å². The van der Waals surface area contributed by atoms with Crippen LogP contribution in [0.25, 0.3) is 10.6 Å². The summed E-state index contributed by atoms with van der Waals surface area (Å²) in [4.78, 5) is 17.0. The second kappa shape index (κ2) is 6.44. The molecule has 0 aliphatic carbocycles. The number of aromatic nitrogens is 1. The van der Waals surface area contributed by atoms with Crippen molar-refractivity contribution in [1.82, 2.24) is 21.2 Å². The molecule has 3 N–H and O–H groups in total. The van der Waals surface area contributed by atoms with Gasteiger partial charge in [-0.25, -0.2) is 4.98 Å². The lowest BCUT2D eigenvalue weighted by Crippen LogP contribution is -2.45. The van der Waals surface area contributed by atoms with Gasteiger partial charge in [0, 0.05) is 12.6 Å². The maximum atomic E-state index is 12.0. The highest BCUT2D eigenvalue weighted by atomic mass is 32.1. The molecule has 1 aromatic carbocycles. The number of aryl methyl sites for hydroxylation is 1. The minimum atomic E-state index is -0.250. The minimum absolute atomic E-state index is 0.250. The molecule has 0 aliphatic rings. The molecule has 0 saturated carbocycles. The number of nitrogens with one attached hydrogen (secondary N) is 3. The Kier molecular flexibility index (Phi) is 4.65. The molecular weight excluding hydrogens is 292 g/mol. The summed E-state index contributed by atoms with van der Waals surface area (Å²) in [5, 5.41) is 3.89. The van der Waals surface area contributed by atoms with Crippen LogP contribution in [0.4, 0.5) is 0 Å². The van der Waals surface area contributed by atoms with E-state index in [1.807, 2.05) is 37.3 Å². The summed E-state index contributed by atoms with van der Waals surface area (Å²) in [5.41, 5.74) is 6.84. The fourth-order valence-electron chi connectivity index (χ4n) is 1.54. The highest BCUT2D eigenvalue weighted by Crippen LogP contribution is 2.27. The van der Waals surface area contributed by atoms with Gasteiger partial charge in [-0.05, 0) is 19.1 Å². The topological polar surface area (TPSA) is 66.0 Å². The van der Waals surface area contributed by atoms with E-state index in [-0.39, 0.29) is 5.91 Å². The van der Waals surface area contributed by atoms with Crippen molar-refractivity contribution in [1.29, 1.82) is 0 Å². The van der Waals surface area contributed by atoms with E-state index < -0.39 is 0 Å². The lowest BCUT2D eigenvalue weighted by Gasteiger charge is -2.07. The first kappa shape index (κ1) is 14.4. The van der Waals surface area contributed by atoms with Gasteiger partial charge in [0.1, 0.15) is 9.88 Å². The quantitative estimate of drug-likeness (QED) is 0.584. The maximum Gasteiger partial charge on any atom is 0.281 e. The van der Waals surface area contributed by atoms with Crippen LogP contribution in [0.5, 0.6) is 0 Å². The number of benzene rings is 1. The molecule has 20 heavy (non-hydrogen) atoms. The van der Waals surface area contributed by atoms with Crippen LogP contribution in [0.15, 0.2) is 30.3 Å². The van der Waals surface area contributed by atoms with Crippen LogP contribution in [0.2, 0.25) is 0 Å². The first-order chi connectivity index (χ1) is 9.61. The Hall–Kier alpha value is -1.99. The van der Waals surface area contributed by atoms with Crippen molar-refractivity contribution in [3.8, 4) is 10.6 Å².